The first-order chi connectivity index (χ1) is 16.7. The Hall–Kier alpha value is 0. The molecule has 0 aliphatic rings. The molecule has 0 amide bonds. The largest absolute Gasteiger partial charge is 0.0654 e. The molecule has 35 heavy (non-hydrogen) atoms. The van der Waals surface area contributed by atoms with Crippen molar-refractivity contribution >= 4 is 0 Å². The second-order valence-corrected chi connectivity index (χ2v) is 13.6. The molecule has 0 spiro atoms. The van der Waals surface area contributed by atoms with Gasteiger partial charge in [0, 0.05) is 0 Å². The Labute approximate surface area is 225 Å². The van der Waals surface area contributed by atoms with Crippen LogP contribution in [0.1, 0.15) is 184 Å². The number of hydrogen-bond acceptors (Lipinski definition) is 0. The van der Waals surface area contributed by atoms with Gasteiger partial charge in [0.15, 0.2) is 0 Å². The maximum absolute atomic E-state index is 2.64. The van der Waals surface area contributed by atoms with Crippen molar-refractivity contribution in [2.45, 2.75) is 184 Å². The fourth-order valence-electron chi connectivity index (χ4n) is 6.58. The highest BCUT2D eigenvalue weighted by Crippen LogP contribution is 2.37. The van der Waals surface area contributed by atoms with Crippen LogP contribution in [-0.2, 0) is 0 Å². The van der Waals surface area contributed by atoms with Gasteiger partial charge in [-0.2, -0.15) is 0 Å². The van der Waals surface area contributed by atoms with Crippen molar-refractivity contribution in [1.29, 1.82) is 0 Å². The van der Waals surface area contributed by atoms with Crippen LogP contribution in [0.25, 0.3) is 0 Å². The molecule has 0 aromatic rings. The quantitative estimate of drug-likeness (QED) is 0.111. The Morgan fingerprint density at radius 1 is 0.371 bits per heavy atom. The van der Waals surface area contributed by atoms with E-state index in [4.69, 9.17) is 0 Å². The summed E-state index contributed by atoms with van der Waals surface area (Å²) in [6.45, 7) is 22.0. The van der Waals surface area contributed by atoms with Crippen molar-refractivity contribution in [2.75, 3.05) is 0 Å². The van der Waals surface area contributed by atoms with E-state index < -0.39 is 0 Å². The minimum absolute atomic E-state index is 0.867. The van der Waals surface area contributed by atoms with Crippen molar-refractivity contribution < 1.29 is 0 Å². The molecule has 0 rings (SSSR count). The summed E-state index contributed by atoms with van der Waals surface area (Å²) in [5, 5.41) is 0. The van der Waals surface area contributed by atoms with Crippen LogP contribution in [0.5, 0.6) is 0 Å². The van der Waals surface area contributed by atoms with Gasteiger partial charge in [-0.3, -0.25) is 0 Å². The highest BCUT2D eigenvalue weighted by molar-refractivity contribution is 4.77. The van der Waals surface area contributed by atoms with Crippen LogP contribution in [-0.4, -0.2) is 0 Å². The summed E-state index contributed by atoms with van der Waals surface area (Å²) >= 11 is 0. The van der Waals surface area contributed by atoms with Gasteiger partial charge in [-0.1, -0.05) is 171 Å². The first-order valence-electron chi connectivity index (χ1n) is 16.7. The van der Waals surface area contributed by atoms with Crippen molar-refractivity contribution in [2.24, 2.45) is 41.4 Å². The molecule has 5 unspecified atom stereocenters. The number of rotatable bonds is 25. The van der Waals surface area contributed by atoms with E-state index in [1.165, 1.54) is 122 Å². The third kappa shape index (κ3) is 19.7. The van der Waals surface area contributed by atoms with Crippen LogP contribution in [0.3, 0.4) is 0 Å². The van der Waals surface area contributed by atoms with Crippen LogP contribution < -0.4 is 0 Å². The first kappa shape index (κ1) is 35.0. The van der Waals surface area contributed by atoms with Crippen LogP contribution >= 0.6 is 0 Å². The predicted octanol–water partition coefficient (Wildman–Crippen LogP) is 12.9. The summed E-state index contributed by atoms with van der Waals surface area (Å²) < 4.78 is 0. The molecular formula is C35H72. The van der Waals surface area contributed by atoms with E-state index in [1.807, 2.05) is 0 Å². The SMILES string of the molecule is CCCCC(CCCC(C)C)CCC(C)C(CCCC)C(C)CC(CCCC)CCCCC(C)C. The lowest BCUT2D eigenvalue weighted by Crippen LogP contribution is -2.23. The highest BCUT2D eigenvalue weighted by atomic mass is 14.3. The van der Waals surface area contributed by atoms with Gasteiger partial charge in [-0.05, 0) is 54.3 Å². The monoisotopic (exact) mass is 493 g/mol. The van der Waals surface area contributed by atoms with Crippen molar-refractivity contribution in [3.05, 3.63) is 0 Å². The lowest BCUT2D eigenvalue weighted by Gasteiger charge is -2.33. The molecule has 0 aromatic carbocycles. The van der Waals surface area contributed by atoms with Gasteiger partial charge in [0.2, 0.25) is 0 Å². The van der Waals surface area contributed by atoms with E-state index >= 15 is 0 Å². The van der Waals surface area contributed by atoms with E-state index in [0.29, 0.717) is 0 Å². The van der Waals surface area contributed by atoms with Gasteiger partial charge >= 0.3 is 0 Å². The summed E-state index contributed by atoms with van der Waals surface area (Å²) in [5.41, 5.74) is 0. The van der Waals surface area contributed by atoms with E-state index in [9.17, 15) is 0 Å². The van der Waals surface area contributed by atoms with E-state index in [0.717, 1.165) is 41.4 Å². The molecule has 0 fully saturated rings. The molecule has 0 N–H and O–H groups in total. The average Bonchev–Trinajstić information content (AvgIpc) is 2.81. The van der Waals surface area contributed by atoms with Gasteiger partial charge < -0.3 is 0 Å². The fourth-order valence-corrected chi connectivity index (χ4v) is 6.58. The lowest BCUT2D eigenvalue weighted by atomic mass is 9.72. The Morgan fingerprint density at radius 2 is 0.829 bits per heavy atom. The van der Waals surface area contributed by atoms with Crippen molar-refractivity contribution in [3.8, 4) is 0 Å². The summed E-state index contributed by atoms with van der Waals surface area (Å²) in [7, 11) is 0. The van der Waals surface area contributed by atoms with Gasteiger partial charge in [0.05, 0.1) is 0 Å². The molecule has 0 aromatic heterocycles. The summed E-state index contributed by atoms with van der Waals surface area (Å²) in [5.74, 6) is 6.44. The molecule has 0 nitrogen and oxygen atoms in total. The third-order valence-electron chi connectivity index (χ3n) is 9.06. The molecule has 0 saturated carbocycles. The van der Waals surface area contributed by atoms with E-state index in [1.54, 1.807) is 0 Å². The third-order valence-corrected chi connectivity index (χ3v) is 9.06. The Morgan fingerprint density at radius 3 is 1.40 bits per heavy atom. The highest BCUT2D eigenvalue weighted by Gasteiger charge is 2.26. The molecule has 0 saturated heterocycles. The minimum Gasteiger partial charge on any atom is -0.0654 e. The summed E-state index contributed by atoms with van der Waals surface area (Å²) in [6, 6.07) is 0. The first-order valence-corrected chi connectivity index (χ1v) is 16.7. The second kappa shape index (κ2) is 23.1. The van der Waals surface area contributed by atoms with Gasteiger partial charge in [-0.15, -0.1) is 0 Å². The molecule has 212 valence electrons. The fraction of sp³-hybridized carbons (Fsp3) is 1.00. The molecule has 0 bridgehead atoms. The van der Waals surface area contributed by atoms with Gasteiger partial charge in [0.1, 0.15) is 0 Å². The molecule has 0 heteroatoms. The predicted molar refractivity (Wildman–Crippen MR) is 163 cm³/mol. The van der Waals surface area contributed by atoms with Crippen LogP contribution in [0.4, 0.5) is 0 Å². The van der Waals surface area contributed by atoms with E-state index in [-0.39, 0.29) is 0 Å². The molecule has 5 atom stereocenters. The van der Waals surface area contributed by atoms with Gasteiger partial charge in [0.25, 0.3) is 0 Å². The molecule has 0 aliphatic heterocycles. The molecule has 0 radical (unpaired) electrons. The lowest BCUT2D eigenvalue weighted by molar-refractivity contribution is 0.174. The maximum atomic E-state index is 2.64. The topological polar surface area (TPSA) is 0 Å². The van der Waals surface area contributed by atoms with Crippen molar-refractivity contribution in [3.63, 3.8) is 0 Å². The van der Waals surface area contributed by atoms with Gasteiger partial charge in [-0.25, -0.2) is 0 Å². The second-order valence-electron chi connectivity index (χ2n) is 13.6. The van der Waals surface area contributed by atoms with E-state index in [2.05, 4.69) is 62.3 Å². The Bertz CT molecular complexity index is 422. The smallest absolute Gasteiger partial charge is 0.0363 e. The Balaban J connectivity index is 4.97. The number of unbranched alkanes of at least 4 members (excludes halogenated alkanes) is 4. The number of hydrogen-bond donors (Lipinski definition) is 0. The minimum atomic E-state index is 0.867. The standard InChI is InChI=1S/C35H72/c1-10-13-21-33(24-18-20-30(6)7)27-26-31(8)35(25-15-12-3)32(9)28-34(22-14-11-2)23-17-16-19-29(4)5/h29-35H,10-28H2,1-9H3. The molecule has 0 aliphatic carbocycles. The van der Waals surface area contributed by atoms with Crippen LogP contribution in [0.15, 0.2) is 0 Å². The zero-order chi connectivity index (χ0) is 26.5. The van der Waals surface area contributed by atoms with Crippen molar-refractivity contribution in [1.82, 2.24) is 0 Å². The average molecular weight is 493 g/mol. The zero-order valence-electron chi connectivity index (χ0n) is 26.5. The zero-order valence-corrected chi connectivity index (χ0v) is 26.5. The summed E-state index contributed by atoms with van der Waals surface area (Å²) in [4.78, 5) is 0. The summed E-state index contributed by atoms with van der Waals surface area (Å²) in [6.07, 6.45) is 27.4. The maximum Gasteiger partial charge on any atom is -0.0363 e. The Kier molecular flexibility index (Phi) is 23.1. The molecular weight excluding hydrogens is 420 g/mol. The molecule has 0 heterocycles. The van der Waals surface area contributed by atoms with Crippen LogP contribution in [0.2, 0.25) is 0 Å². The van der Waals surface area contributed by atoms with Crippen LogP contribution in [0, 0.1) is 41.4 Å². The normalized spacial score (nSPS) is 16.5.